The Bertz CT molecular complexity index is 387. The largest absolute Gasteiger partial charge is 0.350 e. The van der Waals surface area contributed by atoms with Gasteiger partial charge in [-0.1, -0.05) is 44.7 Å². The molecule has 0 bridgehead atoms. The zero-order valence-electron chi connectivity index (χ0n) is 11.5. The predicted molar refractivity (Wildman–Crippen MR) is 76.1 cm³/mol. The molecule has 1 unspecified atom stereocenters. The molecule has 4 heteroatoms. The number of hydrogen-bond acceptors (Lipinski definition) is 1. The summed E-state index contributed by atoms with van der Waals surface area (Å²) in [5.41, 5.74) is 0.616. The van der Waals surface area contributed by atoms with E-state index in [1.165, 1.54) is 19.3 Å². The van der Waals surface area contributed by atoms with Crippen molar-refractivity contribution in [1.29, 1.82) is 0 Å². The molecule has 1 aromatic heterocycles. The topological polar surface area (TPSA) is 34.0 Å². The molecule has 0 aliphatic heterocycles. The summed E-state index contributed by atoms with van der Waals surface area (Å²) in [6.07, 6.45) is 6.46. The van der Waals surface area contributed by atoms with Crippen LogP contribution in [0, 0.1) is 5.92 Å². The summed E-state index contributed by atoms with van der Waals surface area (Å²) in [5.74, 6) is 0.531. The molecule has 102 valence electrons. The van der Waals surface area contributed by atoms with Crippen LogP contribution in [0.4, 0.5) is 0 Å². The number of aryl methyl sites for hydroxylation is 1. The van der Waals surface area contributed by atoms with Crippen LogP contribution in [0.3, 0.4) is 0 Å². The second-order valence-corrected chi connectivity index (χ2v) is 5.22. The molecule has 1 rings (SSSR count). The Kier molecular flexibility index (Phi) is 6.27. The van der Waals surface area contributed by atoms with Crippen molar-refractivity contribution < 1.29 is 4.79 Å². The lowest BCUT2D eigenvalue weighted by Gasteiger charge is -2.15. The average Bonchev–Trinajstić information content (AvgIpc) is 2.68. The first-order valence-electron chi connectivity index (χ1n) is 6.68. The minimum atomic E-state index is -0.0423. The van der Waals surface area contributed by atoms with Crippen molar-refractivity contribution in [3.63, 3.8) is 0 Å². The van der Waals surface area contributed by atoms with Crippen molar-refractivity contribution in [2.75, 3.05) is 6.54 Å². The Morgan fingerprint density at radius 3 is 2.72 bits per heavy atom. The van der Waals surface area contributed by atoms with E-state index in [1.807, 2.05) is 7.05 Å². The van der Waals surface area contributed by atoms with Crippen molar-refractivity contribution in [3.8, 4) is 0 Å². The second-order valence-electron chi connectivity index (χ2n) is 4.78. The molecular weight excluding hydrogens is 248 g/mol. The number of unbranched alkanes of at least 4 members (excludes halogenated alkanes) is 1. The maximum Gasteiger partial charge on any atom is 0.267 e. The molecule has 3 nitrogen and oxygen atoms in total. The highest BCUT2D eigenvalue weighted by Gasteiger charge is 2.13. The number of carbonyl (C=O) groups excluding carboxylic acids is 1. The number of nitrogens with zero attached hydrogens (tertiary/aromatic N) is 1. The number of aromatic nitrogens is 1. The third kappa shape index (κ3) is 4.37. The van der Waals surface area contributed by atoms with E-state index in [0.29, 0.717) is 16.6 Å². The van der Waals surface area contributed by atoms with Gasteiger partial charge in [-0.2, -0.15) is 0 Å². The van der Waals surface area contributed by atoms with Crippen LogP contribution in [-0.2, 0) is 7.05 Å². The van der Waals surface area contributed by atoms with Gasteiger partial charge in [-0.3, -0.25) is 4.79 Å². The fraction of sp³-hybridized carbons (Fsp3) is 0.643. The smallest absolute Gasteiger partial charge is 0.267 e. The van der Waals surface area contributed by atoms with Crippen LogP contribution in [0.15, 0.2) is 12.3 Å². The highest BCUT2D eigenvalue weighted by atomic mass is 35.5. The van der Waals surface area contributed by atoms with Crippen LogP contribution < -0.4 is 5.32 Å². The molecule has 0 radical (unpaired) electrons. The molecule has 0 saturated heterocycles. The highest BCUT2D eigenvalue weighted by molar-refractivity contribution is 6.31. The van der Waals surface area contributed by atoms with Crippen molar-refractivity contribution >= 4 is 17.5 Å². The normalized spacial score (nSPS) is 12.4. The minimum absolute atomic E-state index is 0.0423. The number of nitrogens with one attached hydrogen (secondary N) is 1. The van der Waals surface area contributed by atoms with E-state index in [0.717, 1.165) is 13.0 Å². The van der Waals surface area contributed by atoms with Crippen LogP contribution in [0.1, 0.15) is 50.0 Å². The summed E-state index contributed by atoms with van der Waals surface area (Å²) < 4.78 is 1.75. The lowest BCUT2D eigenvalue weighted by molar-refractivity contribution is 0.0937. The summed E-state index contributed by atoms with van der Waals surface area (Å²) in [7, 11) is 1.83. The molecule has 1 atom stereocenters. The van der Waals surface area contributed by atoms with Gasteiger partial charge in [0.05, 0.1) is 5.02 Å². The number of rotatable bonds is 7. The predicted octanol–water partition coefficient (Wildman–Crippen LogP) is 3.62. The van der Waals surface area contributed by atoms with Crippen molar-refractivity contribution in [3.05, 3.63) is 23.0 Å². The quantitative estimate of drug-likeness (QED) is 0.807. The van der Waals surface area contributed by atoms with E-state index in [4.69, 9.17) is 11.6 Å². The van der Waals surface area contributed by atoms with Gasteiger partial charge in [0, 0.05) is 19.8 Å². The van der Waals surface area contributed by atoms with E-state index < -0.39 is 0 Å². The monoisotopic (exact) mass is 270 g/mol. The van der Waals surface area contributed by atoms with Crippen LogP contribution in [0.25, 0.3) is 0 Å². The van der Waals surface area contributed by atoms with Gasteiger partial charge >= 0.3 is 0 Å². The van der Waals surface area contributed by atoms with Crippen LogP contribution >= 0.6 is 11.6 Å². The van der Waals surface area contributed by atoms with E-state index in [1.54, 1.807) is 16.8 Å². The molecule has 0 spiro atoms. The zero-order chi connectivity index (χ0) is 13.5. The van der Waals surface area contributed by atoms with Gasteiger partial charge in [-0.05, 0) is 18.4 Å². The van der Waals surface area contributed by atoms with E-state index >= 15 is 0 Å². The molecule has 1 heterocycles. The maximum absolute atomic E-state index is 12.0. The molecule has 1 aromatic rings. The summed E-state index contributed by atoms with van der Waals surface area (Å²) in [4.78, 5) is 12.0. The molecule has 0 saturated carbocycles. The lowest BCUT2D eigenvalue weighted by atomic mass is 9.99. The van der Waals surface area contributed by atoms with Crippen molar-refractivity contribution in [2.24, 2.45) is 13.0 Å². The third-order valence-electron chi connectivity index (χ3n) is 3.30. The minimum Gasteiger partial charge on any atom is -0.350 e. The SMILES string of the molecule is CCCCC(CC)CNC(=O)c1cc(Cl)cn1C. The zero-order valence-corrected chi connectivity index (χ0v) is 12.3. The molecule has 1 N–H and O–H groups in total. The summed E-state index contributed by atoms with van der Waals surface area (Å²) >= 11 is 5.87. The van der Waals surface area contributed by atoms with Crippen LogP contribution in [0.5, 0.6) is 0 Å². The third-order valence-corrected chi connectivity index (χ3v) is 3.51. The number of hydrogen-bond donors (Lipinski definition) is 1. The first-order valence-corrected chi connectivity index (χ1v) is 7.06. The van der Waals surface area contributed by atoms with E-state index in [2.05, 4.69) is 19.2 Å². The molecule has 18 heavy (non-hydrogen) atoms. The fourth-order valence-corrected chi connectivity index (χ4v) is 2.27. The summed E-state index contributed by atoms with van der Waals surface area (Å²) in [6, 6.07) is 1.70. The Hall–Kier alpha value is -0.960. The average molecular weight is 271 g/mol. The van der Waals surface area contributed by atoms with Gasteiger partial charge in [0.1, 0.15) is 5.69 Å². The standard InChI is InChI=1S/C14H23ClN2O/c1-4-6-7-11(5-2)9-16-14(18)13-8-12(15)10-17(13)3/h8,10-11H,4-7,9H2,1-3H3,(H,16,18). The molecule has 0 aliphatic carbocycles. The van der Waals surface area contributed by atoms with Crippen molar-refractivity contribution in [2.45, 2.75) is 39.5 Å². The van der Waals surface area contributed by atoms with Crippen LogP contribution in [0.2, 0.25) is 5.02 Å². The fourth-order valence-electron chi connectivity index (χ4n) is 2.02. The van der Waals surface area contributed by atoms with Crippen LogP contribution in [-0.4, -0.2) is 17.0 Å². The summed E-state index contributed by atoms with van der Waals surface area (Å²) in [5, 5.41) is 3.59. The Balaban J connectivity index is 2.47. The van der Waals surface area contributed by atoms with Gasteiger partial charge in [0.15, 0.2) is 0 Å². The van der Waals surface area contributed by atoms with Gasteiger partial charge in [-0.25, -0.2) is 0 Å². The Morgan fingerprint density at radius 1 is 1.50 bits per heavy atom. The maximum atomic E-state index is 12.0. The molecular formula is C14H23ClN2O. The van der Waals surface area contributed by atoms with Crippen molar-refractivity contribution in [1.82, 2.24) is 9.88 Å². The Labute approximate surface area is 115 Å². The van der Waals surface area contributed by atoms with Gasteiger partial charge in [0.25, 0.3) is 5.91 Å². The number of halogens is 1. The molecule has 1 amide bonds. The Morgan fingerprint density at radius 2 is 2.22 bits per heavy atom. The number of carbonyl (C=O) groups is 1. The lowest BCUT2D eigenvalue weighted by Crippen LogP contribution is -2.30. The number of amides is 1. The van der Waals surface area contributed by atoms with E-state index in [9.17, 15) is 4.79 Å². The van der Waals surface area contributed by atoms with Gasteiger partial charge in [0.2, 0.25) is 0 Å². The molecule has 0 fully saturated rings. The van der Waals surface area contributed by atoms with Gasteiger partial charge < -0.3 is 9.88 Å². The molecule has 0 aliphatic rings. The second kappa shape index (κ2) is 7.47. The first-order chi connectivity index (χ1) is 8.58. The highest BCUT2D eigenvalue weighted by Crippen LogP contribution is 2.14. The van der Waals surface area contributed by atoms with Gasteiger partial charge in [-0.15, -0.1) is 0 Å². The summed E-state index contributed by atoms with van der Waals surface area (Å²) in [6.45, 7) is 5.11. The molecule has 0 aromatic carbocycles. The first kappa shape index (κ1) is 15.1. The van der Waals surface area contributed by atoms with E-state index in [-0.39, 0.29) is 5.91 Å².